The summed E-state index contributed by atoms with van der Waals surface area (Å²) < 4.78 is 7.40. The summed E-state index contributed by atoms with van der Waals surface area (Å²) in [7, 11) is 1.66. The smallest absolute Gasteiger partial charge is 0.277 e. The lowest BCUT2D eigenvalue weighted by atomic mass is 9.83. The Labute approximate surface area is 177 Å². The molecule has 2 aliphatic heterocycles. The standard InChI is InChI=1S/C25H29N3O2/c1-30-20-12-13-23-21(16-20)26-24(18-8-3-2-4-9-18)25(29)28(23)17-19-10-7-15-27-14-6-5-11-22(19)27/h2-4,8-9,12-13,16,19,22H,5-7,10-11,14-15,17H2,1H3/t19-,22+/m1/s1. The average Bonchev–Trinajstić information content (AvgIpc) is 2.81. The first-order chi connectivity index (χ1) is 14.7. The third-order valence-corrected chi connectivity index (χ3v) is 6.85. The monoisotopic (exact) mass is 403 g/mol. The Hall–Kier alpha value is -2.66. The molecule has 2 aromatic carbocycles. The molecule has 0 aliphatic carbocycles. The maximum atomic E-state index is 13.6. The molecule has 5 rings (SSSR count). The van der Waals surface area contributed by atoms with Crippen molar-refractivity contribution >= 4 is 11.0 Å². The minimum atomic E-state index is 0.00630. The molecule has 0 radical (unpaired) electrons. The van der Waals surface area contributed by atoms with E-state index < -0.39 is 0 Å². The largest absolute Gasteiger partial charge is 0.497 e. The van der Waals surface area contributed by atoms with Gasteiger partial charge in [-0.1, -0.05) is 36.8 Å². The van der Waals surface area contributed by atoms with Crippen molar-refractivity contribution in [3.8, 4) is 17.0 Å². The number of hydrogen-bond donors (Lipinski definition) is 0. The van der Waals surface area contributed by atoms with Gasteiger partial charge in [-0.05, 0) is 56.8 Å². The molecule has 0 saturated carbocycles. The van der Waals surface area contributed by atoms with Crippen molar-refractivity contribution in [1.29, 1.82) is 0 Å². The Balaban J connectivity index is 1.62. The molecule has 0 N–H and O–H groups in total. The molecule has 2 fully saturated rings. The summed E-state index contributed by atoms with van der Waals surface area (Å²) >= 11 is 0. The van der Waals surface area contributed by atoms with E-state index in [1.165, 1.54) is 45.2 Å². The summed E-state index contributed by atoms with van der Waals surface area (Å²) in [5.74, 6) is 1.27. The molecule has 0 amide bonds. The third kappa shape index (κ3) is 3.52. The first kappa shape index (κ1) is 19.3. The summed E-state index contributed by atoms with van der Waals surface area (Å²) in [5, 5.41) is 0. The zero-order valence-electron chi connectivity index (χ0n) is 17.6. The van der Waals surface area contributed by atoms with Crippen LogP contribution in [0.4, 0.5) is 0 Å². The molecule has 5 heteroatoms. The Bertz CT molecular complexity index is 1090. The van der Waals surface area contributed by atoms with E-state index in [-0.39, 0.29) is 5.56 Å². The highest BCUT2D eigenvalue weighted by atomic mass is 16.5. The van der Waals surface area contributed by atoms with Gasteiger partial charge >= 0.3 is 0 Å². The number of hydrogen-bond acceptors (Lipinski definition) is 4. The molecule has 30 heavy (non-hydrogen) atoms. The number of nitrogens with zero attached hydrogens (tertiary/aromatic N) is 3. The maximum Gasteiger partial charge on any atom is 0.277 e. The van der Waals surface area contributed by atoms with Crippen LogP contribution in [-0.4, -0.2) is 40.7 Å². The van der Waals surface area contributed by atoms with Gasteiger partial charge in [-0.2, -0.15) is 0 Å². The van der Waals surface area contributed by atoms with Crippen molar-refractivity contribution in [1.82, 2.24) is 14.5 Å². The van der Waals surface area contributed by atoms with Gasteiger partial charge in [0, 0.05) is 24.2 Å². The van der Waals surface area contributed by atoms with Crippen molar-refractivity contribution in [2.45, 2.75) is 44.7 Å². The highest BCUT2D eigenvalue weighted by molar-refractivity contribution is 5.79. The molecule has 5 nitrogen and oxygen atoms in total. The molecule has 3 aromatic rings. The van der Waals surface area contributed by atoms with Gasteiger partial charge in [0.1, 0.15) is 11.4 Å². The van der Waals surface area contributed by atoms with Crippen molar-refractivity contribution in [3.05, 3.63) is 58.9 Å². The molecule has 2 atom stereocenters. The van der Waals surface area contributed by atoms with Crippen LogP contribution in [0, 0.1) is 5.92 Å². The van der Waals surface area contributed by atoms with Gasteiger partial charge in [0.25, 0.3) is 5.56 Å². The van der Waals surface area contributed by atoms with E-state index in [0.29, 0.717) is 17.7 Å². The van der Waals surface area contributed by atoms with E-state index in [1.807, 2.05) is 53.1 Å². The van der Waals surface area contributed by atoms with Crippen molar-refractivity contribution < 1.29 is 4.74 Å². The lowest BCUT2D eigenvalue weighted by Crippen LogP contribution is -2.49. The summed E-state index contributed by atoms with van der Waals surface area (Å²) in [5.41, 5.74) is 3.10. The minimum absolute atomic E-state index is 0.00630. The zero-order chi connectivity index (χ0) is 20.5. The van der Waals surface area contributed by atoms with Crippen LogP contribution >= 0.6 is 0 Å². The lowest BCUT2D eigenvalue weighted by molar-refractivity contribution is 0.0520. The molecule has 3 heterocycles. The minimum Gasteiger partial charge on any atom is -0.497 e. The van der Waals surface area contributed by atoms with Crippen LogP contribution in [0.2, 0.25) is 0 Å². The average molecular weight is 404 g/mol. The number of benzene rings is 2. The highest BCUT2D eigenvalue weighted by Crippen LogP contribution is 2.32. The Morgan fingerprint density at radius 2 is 1.87 bits per heavy atom. The Morgan fingerprint density at radius 3 is 2.70 bits per heavy atom. The van der Waals surface area contributed by atoms with E-state index in [2.05, 4.69) is 4.90 Å². The van der Waals surface area contributed by atoms with Crippen LogP contribution < -0.4 is 10.3 Å². The van der Waals surface area contributed by atoms with Gasteiger partial charge < -0.3 is 14.2 Å². The van der Waals surface area contributed by atoms with Crippen molar-refractivity contribution in [3.63, 3.8) is 0 Å². The molecule has 156 valence electrons. The predicted octanol–water partition coefficient (Wildman–Crippen LogP) is 4.34. The summed E-state index contributed by atoms with van der Waals surface area (Å²) in [4.78, 5) is 21.1. The fourth-order valence-corrected chi connectivity index (χ4v) is 5.34. The summed E-state index contributed by atoms with van der Waals surface area (Å²) in [6.45, 7) is 3.17. The van der Waals surface area contributed by atoms with Gasteiger partial charge in [-0.25, -0.2) is 4.98 Å². The molecular formula is C25H29N3O2. The lowest BCUT2D eigenvalue weighted by Gasteiger charge is -2.44. The van der Waals surface area contributed by atoms with E-state index in [1.54, 1.807) is 7.11 Å². The normalized spacial score (nSPS) is 22.0. The molecule has 0 spiro atoms. The second kappa shape index (κ2) is 8.23. The Morgan fingerprint density at radius 1 is 1.03 bits per heavy atom. The van der Waals surface area contributed by atoms with Gasteiger partial charge in [-0.15, -0.1) is 0 Å². The maximum absolute atomic E-state index is 13.6. The molecule has 0 bridgehead atoms. The molecule has 2 aliphatic rings. The number of rotatable bonds is 4. The summed E-state index contributed by atoms with van der Waals surface area (Å²) in [6.07, 6.45) is 6.27. The SMILES string of the molecule is COc1ccc2c(c1)nc(-c1ccccc1)c(=O)n2C[C@H]1CCCN2CCCC[C@@H]12. The number of piperidine rings is 2. The highest BCUT2D eigenvalue weighted by Gasteiger charge is 2.33. The number of aromatic nitrogens is 2. The van der Waals surface area contributed by atoms with Crippen molar-refractivity contribution in [2.75, 3.05) is 20.2 Å². The van der Waals surface area contributed by atoms with Gasteiger partial charge in [-0.3, -0.25) is 4.79 Å². The fourth-order valence-electron chi connectivity index (χ4n) is 5.34. The number of methoxy groups -OCH3 is 1. The van der Waals surface area contributed by atoms with Crippen LogP contribution in [0.15, 0.2) is 53.3 Å². The first-order valence-corrected chi connectivity index (χ1v) is 11.1. The van der Waals surface area contributed by atoms with Gasteiger partial charge in [0.15, 0.2) is 0 Å². The molecule has 1 aromatic heterocycles. The van der Waals surface area contributed by atoms with Crippen LogP contribution in [0.25, 0.3) is 22.3 Å². The second-order valence-electron chi connectivity index (χ2n) is 8.60. The molecule has 0 unspecified atom stereocenters. The predicted molar refractivity (Wildman–Crippen MR) is 120 cm³/mol. The first-order valence-electron chi connectivity index (χ1n) is 11.1. The van der Waals surface area contributed by atoms with Crippen LogP contribution in [0.1, 0.15) is 32.1 Å². The second-order valence-corrected chi connectivity index (χ2v) is 8.60. The van der Waals surface area contributed by atoms with Gasteiger partial charge in [0.2, 0.25) is 0 Å². The van der Waals surface area contributed by atoms with Gasteiger partial charge in [0.05, 0.1) is 18.1 Å². The fraction of sp³-hybridized carbons (Fsp3) is 0.440. The zero-order valence-corrected chi connectivity index (χ0v) is 17.6. The molecule has 2 saturated heterocycles. The summed E-state index contributed by atoms with van der Waals surface area (Å²) in [6, 6.07) is 16.2. The topological polar surface area (TPSA) is 47.4 Å². The van der Waals surface area contributed by atoms with E-state index in [0.717, 1.165) is 28.9 Å². The van der Waals surface area contributed by atoms with Crippen molar-refractivity contribution in [2.24, 2.45) is 5.92 Å². The number of fused-ring (bicyclic) bond motifs is 2. The third-order valence-electron chi connectivity index (χ3n) is 6.85. The van der Waals surface area contributed by atoms with Crippen LogP contribution in [0.3, 0.4) is 0 Å². The van der Waals surface area contributed by atoms with Crippen LogP contribution in [-0.2, 0) is 6.54 Å². The van der Waals surface area contributed by atoms with E-state index in [9.17, 15) is 4.79 Å². The quantitative estimate of drug-likeness (QED) is 0.650. The number of ether oxygens (including phenoxy) is 1. The van der Waals surface area contributed by atoms with E-state index in [4.69, 9.17) is 9.72 Å². The van der Waals surface area contributed by atoms with Crippen LogP contribution in [0.5, 0.6) is 5.75 Å². The Kier molecular flexibility index (Phi) is 5.30. The van der Waals surface area contributed by atoms with E-state index >= 15 is 0 Å². The molecular weight excluding hydrogens is 374 g/mol.